The Hall–Kier alpha value is -2.02. The minimum atomic E-state index is -3.37. The number of sulfone groups is 1. The number of para-hydroxylation sites is 1. The molecule has 0 fully saturated rings. The number of ether oxygens (including phenoxy) is 2. The van der Waals surface area contributed by atoms with Crippen molar-refractivity contribution in [1.29, 1.82) is 0 Å². The molecule has 118 valence electrons. The summed E-state index contributed by atoms with van der Waals surface area (Å²) < 4.78 is 41.0. The SMILES string of the molecule is Cc1noc(C)c1CS(=O)(=O)Cc1cccc2c1OCCO2. The maximum absolute atomic E-state index is 12.5. The lowest BCUT2D eigenvalue weighted by atomic mass is 10.2. The van der Waals surface area contributed by atoms with Gasteiger partial charge in [-0.25, -0.2) is 8.42 Å². The van der Waals surface area contributed by atoms with Crippen LogP contribution in [0.2, 0.25) is 0 Å². The van der Waals surface area contributed by atoms with Gasteiger partial charge in [0.15, 0.2) is 21.3 Å². The van der Waals surface area contributed by atoms with Crippen LogP contribution in [0.3, 0.4) is 0 Å². The summed E-state index contributed by atoms with van der Waals surface area (Å²) >= 11 is 0. The van der Waals surface area contributed by atoms with Crippen molar-refractivity contribution in [2.75, 3.05) is 13.2 Å². The average Bonchev–Trinajstić information content (AvgIpc) is 2.79. The second kappa shape index (κ2) is 5.64. The average molecular weight is 323 g/mol. The highest BCUT2D eigenvalue weighted by Gasteiger charge is 2.23. The number of hydrogen-bond acceptors (Lipinski definition) is 6. The van der Waals surface area contributed by atoms with E-state index in [0.29, 0.717) is 47.3 Å². The molecule has 2 heterocycles. The molecule has 0 bridgehead atoms. The summed E-state index contributed by atoms with van der Waals surface area (Å²) in [5.41, 5.74) is 1.85. The van der Waals surface area contributed by atoms with E-state index in [1.54, 1.807) is 32.0 Å². The first-order valence-electron chi connectivity index (χ1n) is 6.96. The molecule has 0 N–H and O–H groups in total. The molecular formula is C15H17NO5S. The minimum Gasteiger partial charge on any atom is -0.486 e. The molecule has 0 saturated carbocycles. The number of rotatable bonds is 4. The first kappa shape index (κ1) is 14.9. The van der Waals surface area contributed by atoms with Crippen LogP contribution in [0.15, 0.2) is 22.7 Å². The van der Waals surface area contributed by atoms with Gasteiger partial charge >= 0.3 is 0 Å². The highest BCUT2D eigenvalue weighted by Crippen LogP contribution is 2.35. The van der Waals surface area contributed by atoms with Crippen molar-refractivity contribution in [2.45, 2.75) is 25.4 Å². The van der Waals surface area contributed by atoms with Gasteiger partial charge < -0.3 is 14.0 Å². The third kappa shape index (κ3) is 2.94. The highest BCUT2D eigenvalue weighted by atomic mass is 32.2. The quantitative estimate of drug-likeness (QED) is 0.858. The van der Waals surface area contributed by atoms with E-state index in [4.69, 9.17) is 14.0 Å². The third-order valence-corrected chi connectivity index (χ3v) is 5.05. The molecule has 1 aromatic carbocycles. The number of benzene rings is 1. The van der Waals surface area contributed by atoms with E-state index < -0.39 is 9.84 Å². The number of hydrogen-bond donors (Lipinski definition) is 0. The molecule has 6 nitrogen and oxygen atoms in total. The largest absolute Gasteiger partial charge is 0.486 e. The lowest BCUT2D eigenvalue weighted by Crippen LogP contribution is -2.18. The summed E-state index contributed by atoms with van der Waals surface area (Å²) in [4.78, 5) is 0. The number of nitrogens with zero attached hydrogens (tertiary/aromatic N) is 1. The summed E-state index contributed by atoms with van der Waals surface area (Å²) in [6, 6.07) is 5.30. The fourth-order valence-corrected chi connectivity index (χ4v) is 4.12. The fraction of sp³-hybridized carbons (Fsp3) is 0.400. The fourth-order valence-electron chi connectivity index (χ4n) is 2.46. The molecule has 1 aliphatic rings. The standard InChI is InChI=1S/C15H17NO5S/c1-10-13(11(2)21-16-10)9-22(17,18)8-12-4-3-5-14-15(12)20-7-6-19-14/h3-5H,6-9H2,1-2H3. The van der Waals surface area contributed by atoms with Gasteiger partial charge in [0.05, 0.1) is 17.2 Å². The topological polar surface area (TPSA) is 78.6 Å². The second-order valence-corrected chi connectivity index (χ2v) is 7.34. The Morgan fingerprint density at radius 3 is 2.64 bits per heavy atom. The zero-order chi connectivity index (χ0) is 15.7. The zero-order valence-electron chi connectivity index (χ0n) is 12.5. The summed E-state index contributed by atoms with van der Waals surface area (Å²) in [7, 11) is -3.37. The van der Waals surface area contributed by atoms with Crippen LogP contribution in [0, 0.1) is 13.8 Å². The van der Waals surface area contributed by atoms with Crippen molar-refractivity contribution >= 4 is 9.84 Å². The Balaban J connectivity index is 1.86. The van der Waals surface area contributed by atoms with E-state index in [0.717, 1.165) is 0 Å². The molecule has 0 spiro atoms. The lowest BCUT2D eigenvalue weighted by molar-refractivity contribution is 0.170. The number of fused-ring (bicyclic) bond motifs is 1. The molecule has 0 amide bonds. The van der Waals surface area contributed by atoms with Gasteiger partial charge in [-0.1, -0.05) is 17.3 Å². The van der Waals surface area contributed by atoms with E-state index in [1.807, 2.05) is 0 Å². The first-order valence-corrected chi connectivity index (χ1v) is 8.78. The molecule has 0 unspecified atom stereocenters. The summed E-state index contributed by atoms with van der Waals surface area (Å²) in [5, 5.41) is 3.79. The Morgan fingerprint density at radius 2 is 1.91 bits per heavy atom. The second-order valence-electron chi connectivity index (χ2n) is 5.28. The van der Waals surface area contributed by atoms with E-state index in [9.17, 15) is 8.42 Å². The molecule has 2 aromatic rings. The zero-order valence-corrected chi connectivity index (χ0v) is 13.3. The molecular weight excluding hydrogens is 306 g/mol. The summed E-state index contributed by atoms with van der Waals surface area (Å²) in [6.45, 7) is 4.35. The number of aromatic nitrogens is 1. The van der Waals surface area contributed by atoms with E-state index in [-0.39, 0.29) is 11.5 Å². The van der Waals surface area contributed by atoms with E-state index >= 15 is 0 Å². The van der Waals surface area contributed by atoms with Gasteiger partial charge in [-0.05, 0) is 19.9 Å². The van der Waals surface area contributed by atoms with Gasteiger partial charge in [-0.15, -0.1) is 0 Å². The smallest absolute Gasteiger partial charge is 0.165 e. The van der Waals surface area contributed by atoms with Gasteiger partial charge in [0, 0.05) is 11.1 Å². The van der Waals surface area contributed by atoms with E-state index in [2.05, 4.69) is 5.16 Å². The van der Waals surface area contributed by atoms with Crippen molar-refractivity contribution in [1.82, 2.24) is 5.16 Å². The Labute approximate surface area is 128 Å². The lowest BCUT2D eigenvalue weighted by Gasteiger charge is -2.20. The number of aryl methyl sites for hydroxylation is 2. The van der Waals surface area contributed by atoms with Crippen molar-refractivity contribution in [2.24, 2.45) is 0 Å². The van der Waals surface area contributed by atoms with Crippen LogP contribution >= 0.6 is 0 Å². The Kier molecular flexibility index (Phi) is 3.82. The van der Waals surface area contributed by atoms with Crippen LogP contribution in [0.4, 0.5) is 0 Å². The maximum Gasteiger partial charge on any atom is 0.165 e. The highest BCUT2D eigenvalue weighted by molar-refractivity contribution is 7.89. The molecule has 3 rings (SSSR count). The minimum absolute atomic E-state index is 0.0985. The van der Waals surface area contributed by atoms with Crippen LogP contribution in [-0.4, -0.2) is 26.8 Å². The predicted molar refractivity (Wildman–Crippen MR) is 79.7 cm³/mol. The first-order chi connectivity index (χ1) is 10.5. The van der Waals surface area contributed by atoms with Crippen molar-refractivity contribution in [3.05, 3.63) is 40.8 Å². The predicted octanol–water partition coefficient (Wildman–Crippen LogP) is 2.18. The molecule has 0 atom stereocenters. The van der Waals surface area contributed by atoms with Gasteiger partial charge in [-0.2, -0.15) is 0 Å². The molecule has 7 heteroatoms. The normalized spacial score (nSPS) is 14.1. The van der Waals surface area contributed by atoms with Crippen LogP contribution in [0.25, 0.3) is 0 Å². The Morgan fingerprint density at radius 1 is 1.14 bits per heavy atom. The third-order valence-electron chi connectivity index (χ3n) is 3.57. The van der Waals surface area contributed by atoms with Crippen LogP contribution < -0.4 is 9.47 Å². The van der Waals surface area contributed by atoms with Crippen LogP contribution in [-0.2, 0) is 21.3 Å². The van der Waals surface area contributed by atoms with Crippen molar-refractivity contribution in [3.63, 3.8) is 0 Å². The Bertz CT molecular complexity index is 775. The molecule has 0 aliphatic carbocycles. The van der Waals surface area contributed by atoms with Gasteiger partial charge in [0.2, 0.25) is 0 Å². The molecule has 1 aliphatic heterocycles. The van der Waals surface area contributed by atoms with Crippen molar-refractivity contribution < 1.29 is 22.4 Å². The van der Waals surface area contributed by atoms with Gasteiger partial charge in [0.25, 0.3) is 0 Å². The molecule has 22 heavy (non-hydrogen) atoms. The van der Waals surface area contributed by atoms with Gasteiger partial charge in [-0.3, -0.25) is 0 Å². The monoisotopic (exact) mass is 323 g/mol. The van der Waals surface area contributed by atoms with E-state index in [1.165, 1.54) is 0 Å². The molecule has 1 aromatic heterocycles. The maximum atomic E-state index is 12.5. The van der Waals surface area contributed by atoms with Crippen LogP contribution in [0.1, 0.15) is 22.6 Å². The van der Waals surface area contributed by atoms with Gasteiger partial charge in [0.1, 0.15) is 19.0 Å². The summed E-state index contributed by atoms with van der Waals surface area (Å²) in [6.07, 6.45) is 0. The molecule has 0 radical (unpaired) electrons. The molecule has 0 saturated heterocycles. The van der Waals surface area contributed by atoms with Crippen molar-refractivity contribution in [3.8, 4) is 11.5 Å². The summed E-state index contributed by atoms with van der Waals surface area (Å²) in [5.74, 6) is 1.45. The van der Waals surface area contributed by atoms with Crippen LogP contribution in [0.5, 0.6) is 11.5 Å².